The zero-order chi connectivity index (χ0) is 12.7. The summed E-state index contributed by atoms with van der Waals surface area (Å²) in [5, 5.41) is 2.99. The Morgan fingerprint density at radius 2 is 2.16 bits per heavy atom. The Kier molecular flexibility index (Phi) is 4.36. The van der Waals surface area contributed by atoms with Crippen molar-refractivity contribution in [3.8, 4) is 0 Å². The molecule has 1 heterocycles. The molecule has 1 saturated carbocycles. The number of hydrogen-bond acceptors (Lipinski definition) is 2. The number of amides is 2. The fourth-order valence-corrected chi connectivity index (χ4v) is 3.02. The zero-order valence-electron chi connectivity index (χ0n) is 10.9. The van der Waals surface area contributed by atoms with E-state index < -0.39 is 0 Å². The third kappa shape index (κ3) is 2.72. The van der Waals surface area contributed by atoms with Crippen LogP contribution in [0.3, 0.4) is 0 Å². The molecule has 2 aliphatic rings. The number of nitrogens with one attached hydrogen (secondary N) is 1. The molecule has 0 spiro atoms. The molecule has 2 aliphatic carbocycles. The van der Waals surface area contributed by atoms with Crippen LogP contribution in [0.4, 0.5) is 10.5 Å². The van der Waals surface area contributed by atoms with E-state index >= 15 is 0 Å². The number of rotatable bonds is 2. The number of pyridine rings is 1. The quantitative estimate of drug-likeness (QED) is 0.807. The van der Waals surface area contributed by atoms with Crippen molar-refractivity contribution in [2.75, 3.05) is 5.32 Å². The van der Waals surface area contributed by atoms with Crippen molar-refractivity contribution in [2.45, 2.75) is 44.9 Å². The second kappa shape index (κ2) is 5.68. The number of carbonyl (C=O) groups excluding carboxylic acids is 1. The van der Waals surface area contributed by atoms with E-state index in [0.717, 1.165) is 30.6 Å². The topological polar surface area (TPSA) is 85.8 Å². The average molecular weight is 369 g/mol. The second-order valence-electron chi connectivity index (χ2n) is 5.07. The predicted octanol–water partition coefficient (Wildman–Crippen LogP) is 1.82. The Morgan fingerprint density at radius 3 is 2.79 bits per heavy atom. The molecule has 0 bridgehead atoms. The zero-order valence-corrected chi connectivity index (χ0v) is 13.4. The van der Waals surface area contributed by atoms with Crippen LogP contribution in [-0.4, -0.2) is 39.3 Å². The van der Waals surface area contributed by atoms with Gasteiger partial charge in [0.1, 0.15) is 0 Å². The molecule has 0 saturated heterocycles. The van der Waals surface area contributed by atoms with E-state index in [0.29, 0.717) is 5.92 Å². The first kappa shape index (κ1) is 14.6. The van der Waals surface area contributed by atoms with E-state index in [1.165, 1.54) is 52.5 Å². The molecule has 1 aromatic rings. The van der Waals surface area contributed by atoms with E-state index in [4.69, 9.17) is 4.98 Å². The number of urea groups is 1. The van der Waals surface area contributed by atoms with Crippen LogP contribution in [0.25, 0.3) is 0 Å². The fraction of sp³-hybridized carbons (Fsp3) is 0.538. The Hall–Kier alpha value is -0.802. The molecule has 0 aliphatic heterocycles. The molecule has 0 unspecified atom stereocenters. The largest absolute Gasteiger partial charge is 0.412 e. The summed E-state index contributed by atoms with van der Waals surface area (Å²) in [6, 6.07) is -0.231. The maximum absolute atomic E-state index is 11.6. The summed E-state index contributed by atoms with van der Waals surface area (Å²) in [4.78, 5) is 16.3. The molecular weight excluding hydrogens is 352 g/mol. The van der Waals surface area contributed by atoms with Crippen molar-refractivity contribution in [3.63, 3.8) is 0 Å². The fourth-order valence-electron chi connectivity index (χ4n) is 2.87. The molecule has 0 aromatic carbocycles. The molecule has 1 radical (unpaired) electrons. The summed E-state index contributed by atoms with van der Waals surface area (Å²) in [6.07, 6.45) is 5.65. The summed E-state index contributed by atoms with van der Waals surface area (Å²) < 4.78 is 3.74. The van der Waals surface area contributed by atoms with Crippen molar-refractivity contribution < 1.29 is 10.3 Å². The molecule has 101 valence electrons. The van der Waals surface area contributed by atoms with Crippen LogP contribution in [0.2, 0.25) is 0 Å². The van der Waals surface area contributed by atoms with Crippen LogP contribution < -0.4 is 5.32 Å². The minimum Gasteiger partial charge on any atom is -0.412 e. The molecule has 1 aromatic heterocycles. The van der Waals surface area contributed by atoms with Gasteiger partial charge >= 0.3 is 120 Å². The van der Waals surface area contributed by atoms with Crippen molar-refractivity contribution in [1.82, 2.24) is 4.98 Å². The maximum Gasteiger partial charge on any atom is -0.412 e. The third-order valence-corrected chi connectivity index (χ3v) is 4.28. The average Bonchev–Trinajstić information content (AvgIpc) is 3.07. The normalized spacial score (nSPS) is 16.5. The minimum absolute atomic E-state index is 0. The van der Waals surface area contributed by atoms with E-state index in [-0.39, 0.29) is 11.5 Å². The van der Waals surface area contributed by atoms with Gasteiger partial charge in [0, 0.05) is 0 Å². The van der Waals surface area contributed by atoms with E-state index in [2.05, 4.69) is 15.3 Å². The van der Waals surface area contributed by atoms with Crippen molar-refractivity contribution >= 4 is 34.6 Å². The smallest absolute Gasteiger partial charge is 0.412 e. The molecule has 6 heteroatoms. The van der Waals surface area contributed by atoms with Crippen molar-refractivity contribution in [2.24, 2.45) is 3.09 Å². The number of aromatic nitrogens is 1. The maximum atomic E-state index is 11.6. The van der Waals surface area contributed by atoms with Gasteiger partial charge in [0.2, 0.25) is 0 Å². The molecule has 19 heavy (non-hydrogen) atoms. The SMILES string of the molecule is Cc1nc2c(c(NC(=O)[N]=[Sb])c1C1CC1)CCC2.O. The van der Waals surface area contributed by atoms with Crippen LogP contribution >= 0.6 is 0 Å². The minimum atomic E-state index is -0.231. The van der Waals surface area contributed by atoms with Crippen LogP contribution in [0, 0.1) is 6.92 Å². The predicted molar refractivity (Wildman–Crippen MR) is 73.8 cm³/mol. The monoisotopic (exact) mass is 368 g/mol. The second-order valence-corrected chi connectivity index (χ2v) is 5.64. The van der Waals surface area contributed by atoms with Gasteiger partial charge in [-0.05, 0) is 0 Å². The molecule has 3 N–H and O–H groups in total. The van der Waals surface area contributed by atoms with Crippen LogP contribution in [0.1, 0.15) is 47.7 Å². The summed E-state index contributed by atoms with van der Waals surface area (Å²) in [5.41, 5.74) is 5.81. The van der Waals surface area contributed by atoms with Gasteiger partial charge in [-0.15, -0.1) is 0 Å². The summed E-state index contributed by atoms with van der Waals surface area (Å²) in [5.74, 6) is 0.597. The van der Waals surface area contributed by atoms with Gasteiger partial charge in [-0.2, -0.15) is 0 Å². The van der Waals surface area contributed by atoms with Crippen molar-refractivity contribution in [3.05, 3.63) is 22.5 Å². The standard InChI is InChI=1S/C13H15N3O.H2O.Sb/c1-7-11(8-5-6-8)12(16-13(14)17)9-3-2-4-10(9)15-7;;/h8H,2-6H2,1H3,(H,15,16,17);1H2;. The van der Waals surface area contributed by atoms with Gasteiger partial charge in [0.05, 0.1) is 0 Å². The molecular formula is C13H17N3O2Sb. The van der Waals surface area contributed by atoms with Crippen LogP contribution in [0.5, 0.6) is 0 Å². The number of carbonyl (C=O) groups is 1. The summed E-state index contributed by atoms with van der Waals surface area (Å²) >= 11 is 1.18. The van der Waals surface area contributed by atoms with Crippen LogP contribution in [0.15, 0.2) is 3.09 Å². The molecule has 3 rings (SSSR count). The van der Waals surface area contributed by atoms with Crippen LogP contribution in [-0.2, 0) is 12.8 Å². The summed E-state index contributed by atoms with van der Waals surface area (Å²) in [7, 11) is 0. The number of aryl methyl sites for hydroxylation is 2. The van der Waals surface area contributed by atoms with E-state index in [9.17, 15) is 4.79 Å². The van der Waals surface area contributed by atoms with Gasteiger partial charge < -0.3 is 5.48 Å². The first-order valence-electron chi connectivity index (χ1n) is 6.39. The third-order valence-electron chi connectivity index (χ3n) is 3.76. The van der Waals surface area contributed by atoms with E-state index in [1.807, 2.05) is 0 Å². The Morgan fingerprint density at radius 1 is 1.42 bits per heavy atom. The van der Waals surface area contributed by atoms with Gasteiger partial charge in [-0.25, -0.2) is 0 Å². The Balaban J connectivity index is 0.00000133. The van der Waals surface area contributed by atoms with Gasteiger partial charge in [0.25, 0.3) is 0 Å². The number of anilines is 1. The number of fused-ring (bicyclic) bond motifs is 1. The van der Waals surface area contributed by atoms with Gasteiger partial charge in [-0.1, -0.05) is 0 Å². The van der Waals surface area contributed by atoms with Crippen molar-refractivity contribution in [1.29, 1.82) is 0 Å². The first-order chi connectivity index (χ1) is 8.70. The molecule has 2 amide bonds. The Bertz CT molecular complexity index is 541. The van der Waals surface area contributed by atoms with E-state index in [1.54, 1.807) is 0 Å². The molecule has 1 fully saturated rings. The summed E-state index contributed by atoms with van der Waals surface area (Å²) in [6.45, 7) is 2.06. The Labute approximate surface area is 125 Å². The number of nitrogens with zero attached hydrogens (tertiary/aromatic N) is 2. The van der Waals surface area contributed by atoms with Gasteiger partial charge in [-0.3, -0.25) is 0 Å². The molecule has 0 atom stereocenters. The number of hydrogen-bond donors (Lipinski definition) is 1. The van der Waals surface area contributed by atoms with Gasteiger partial charge in [0.15, 0.2) is 0 Å². The molecule has 5 nitrogen and oxygen atoms in total. The first-order valence-corrected chi connectivity index (χ1v) is 7.53.